The Morgan fingerprint density at radius 3 is 2.72 bits per heavy atom. The number of anilines is 1. The Morgan fingerprint density at radius 1 is 1.32 bits per heavy atom. The van der Waals surface area contributed by atoms with Crippen molar-refractivity contribution in [2.75, 3.05) is 10.5 Å². The fourth-order valence-corrected chi connectivity index (χ4v) is 4.30. The molecule has 0 amide bonds. The Kier molecular flexibility index (Phi) is 5.15. The molecule has 0 aliphatic heterocycles. The quantitative estimate of drug-likeness (QED) is 0.735. The van der Waals surface area contributed by atoms with Gasteiger partial charge in [0.05, 0.1) is 24.0 Å². The molecule has 0 spiro atoms. The van der Waals surface area contributed by atoms with Gasteiger partial charge in [0.25, 0.3) is 0 Å². The molecule has 7 heteroatoms. The molecular weight excluding hydrogens is 338 g/mol. The molecule has 6 nitrogen and oxygen atoms in total. The van der Waals surface area contributed by atoms with Crippen molar-refractivity contribution < 1.29 is 13.5 Å². The van der Waals surface area contributed by atoms with Crippen molar-refractivity contribution >= 4 is 15.7 Å². The second-order valence-corrected chi connectivity index (χ2v) is 8.66. The predicted octanol–water partition coefficient (Wildman–Crippen LogP) is 2.99. The Morgan fingerprint density at radius 2 is 2.08 bits per heavy atom. The molecule has 0 saturated heterocycles. The van der Waals surface area contributed by atoms with Gasteiger partial charge in [-0.15, -0.1) is 0 Å². The smallest absolute Gasteiger partial charge is 0.232 e. The molecular formula is C18H25N3O3S. The molecule has 1 aromatic carbocycles. The van der Waals surface area contributed by atoms with Crippen molar-refractivity contribution in [3.05, 3.63) is 48.0 Å². The van der Waals surface area contributed by atoms with Crippen molar-refractivity contribution in [3.8, 4) is 0 Å². The first-order chi connectivity index (χ1) is 12.0. The van der Waals surface area contributed by atoms with Crippen LogP contribution in [-0.4, -0.2) is 29.2 Å². The highest BCUT2D eigenvalue weighted by Gasteiger charge is 2.41. The zero-order valence-corrected chi connectivity index (χ0v) is 15.2. The van der Waals surface area contributed by atoms with Crippen molar-refractivity contribution in [2.45, 2.75) is 44.6 Å². The van der Waals surface area contributed by atoms with Crippen LogP contribution < -0.4 is 4.72 Å². The number of nitrogens with one attached hydrogen (secondary N) is 2. The number of hydrogen-bond acceptors (Lipinski definition) is 4. The molecule has 2 aromatic rings. The molecule has 136 valence electrons. The van der Waals surface area contributed by atoms with Gasteiger partial charge >= 0.3 is 0 Å². The minimum Gasteiger partial charge on any atom is -0.379 e. The van der Waals surface area contributed by atoms with Gasteiger partial charge in [0.15, 0.2) is 0 Å². The van der Waals surface area contributed by atoms with Crippen molar-refractivity contribution in [1.29, 1.82) is 0 Å². The zero-order chi connectivity index (χ0) is 17.9. The third-order valence-electron chi connectivity index (χ3n) is 5.06. The van der Waals surface area contributed by atoms with Gasteiger partial charge in [-0.25, -0.2) is 13.4 Å². The molecule has 1 aromatic heterocycles. The number of rotatable bonds is 6. The van der Waals surface area contributed by atoms with Crippen molar-refractivity contribution in [3.63, 3.8) is 0 Å². The number of imidazole rings is 1. The van der Waals surface area contributed by atoms with Gasteiger partial charge in [0.2, 0.25) is 10.0 Å². The number of aliphatic hydroxyl groups is 1. The number of sulfonamides is 1. The van der Waals surface area contributed by atoms with Crippen LogP contribution in [0.3, 0.4) is 0 Å². The van der Waals surface area contributed by atoms with E-state index in [1.54, 1.807) is 37.6 Å². The first-order valence-corrected chi connectivity index (χ1v) is 10.4. The molecule has 0 bridgehead atoms. The van der Waals surface area contributed by atoms with E-state index in [1.807, 2.05) is 6.07 Å². The van der Waals surface area contributed by atoms with Crippen LogP contribution in [0.15, 0.2) is 36.8 Å². The first-order valence-electron chi connectivity index (χ1n) is 8.78. The summed E-state index contributed by atoms with van der Waals surface area (Å²) in [6.07, 6.45) is 8.43. The molecule has 1 fully saturated rings. The summed E-state index contributed by atoms with van der Waals surface area (Å²) in [6.45, 7) is 1.59. The highest BCUT2D eigenvalue weighted by atomic mass is 32.2. The zero-order valence-electron chi connectivity index (χ0n) is 14.4. The Balaban J connectivity index is 2.02. The van der Waals surface area contributed by atoms with E-state index < -0.39 is 15.6 Å². The lowest BCUT2D eigenvalue weighted by Crippen LogP contribution is -2.38. The lowest BCUT2D eigenvalue weighted by Gasteiger charge is -2.38. The van der Waals surface area contributed by atoms with E-state index in [0.29, 0.717) is 16.9 Å². The third kappa shape index (κ3) is 3.72. The average Bonchev–Trinajstić information content (AvgIpc) is 3.17. The second-order valence-electron chi connectivity index (χ2n) is 6.65. The predicted molar refractivity (Wildman–Crippen MR) is 97.7 cm³/mol. The van der Waals surface area contributed by atoms with E-state index in [0.717, 1.165) is 25.7 Å². The number of hydrogen-bond donors (Lipinski definition) is 3. The summed E-state index contributed by atoms with van der Waals surface area (Å²) in [6, 6.07) is 7.04. The van der Waals surface area contributed by atoms with Crippen LogP contribution in [0.5, 0.6) is 0 Å². The van der Waals surface area contributed by atoms with E-state index in [9.17, 15) is 13.5 Å². The summed E-state index contributed by atoms with van der Waals surface area (Å²) in [7, 11) is -3.37. The molecule has 1 aliphatic carbocycles. The standard InChI is InChI=1S/C18H25N3O3S/c1-2-25(23,24)21-16-10-6-9-15(11-16)18(22,17-12-19-13-20-17)14-7-4-3-5-8-14/h6,9-14,21-22H,2-5,7-8H2,1H3,(H,19,20). The van der Waals surface area contributed by atoms with Crippen LogP contribution in [0, 0.1) is 5.92 Å². The van der Waals surface area contributed by atoms with Crippen LogP contribution in [-0.2, 0) is 15.6 Å². The highest BCUT2D eigenvalue weighted by Crippen LogP contribution is 2.43. The van der Waals surface area contributed by atoms with Crippen molar-refractivity contribution in [1.82, 2.24) is 9.97 Å². The van der Waals surface area contributed by atoms with Crippen LogP contribution in [0.2, 0.25) is 0 Å². The fourth-order valence-electron chi connectivity index (χ4n) is 3.67. The Hall–Kier alpha value is -1.86. The molecule has 1 saturated carbocycles. The van der Waals surface area contributed by atoms with E-state index in [1.165, 1.54) is 6.42 Å². The number of H-pyrrole nitrogens is 1. The number of nitrogens with zero attached hydrogens (tertiary/aromatic N) is 1. The lowest BCUT2D eigenvalue weighted by molar-refractivity contribution is -0.00405. The maximum atomic E-state index is 11.9. The Labute approximate surface area is 148 Å². The van der Waals surface area contributed by atoms with Gasteiger partial charge in [-0.05, 0) is 43.4 Å². The first kappa shape index (κ1) is 17.9. The largest absolute Gasteiger partial charge is 0.379 e. The lowest BCUT2D eigenvalue weighted by atomic mass is 9.72. The maximum Gasteiger partial charge on any atom is 0.232 e. The van der Waals surface area contributed by atoms with Crippen LogP contribution in [0.4, 0.5) is 5.69 Å². The van der Waals surface area contributed by atoms with Gasteiger partial charge in [0, 0.05) is 5.69 Å². The molecule has 1 heterocycles. The molecule has 3 rings (SSSR count). The number of aromatic amines is 1. The van der Waals surface area contributed by atoms with Gasteiger partial charge < -0.3 is 10.1 Å². The molecule has 0 radical (unpaired) electrons. The number of aromatic nitrogens is 2. The molecule has 25 heavy (non-hydrogen) atoms. The molecule has 3 N–H and O–H groups in total. The van der Waals surface area contributed by atoms with Gasteiger partial charge in [-0.1, -0.05) is 31.4 Å². The van der Waals surface area contributed by atoms with Crippen molar-refractivity contribution in [2.24, 2.45) is 5.92 Å². The average molecular weight is 363 g/mol. The van der Waals surface area contributed by atoms with E-state index in [4.69, 9.17) is 0 Å². The van der Waals surface area contributed by atoms with Crippen LogP contribution >= 0.6 is 0 Å². The summed E-state index contributed by atoms with van der Waals surface area (Å²) in [4.78, 5) is 7.13. The summed E-state index contributed by atoms with van der Waals surface area (Å²) in [5, 5.41) is 11.7. The fraction of sp³-hybridized carbons (Fsp3) is 0.500. The summed E-state index contributed by atoms with van der Waals surface area (Å²) in [5.74, 6) is 0.0738. The molecule has 1 atom stereocenters. The second kappa shape index (κ2) is 7.17. The molecule has 1 unspecified atom stereocenters. The third-order valence-corrected chi connectivity index (χ3v) is 6.37. The van der Waals surface area contributed by atoms with E-state index >= 15 is 0 Å². The molecule has 1 aliphatic rings. The van der Waals surface area contributed by atoms with E-state index in [-0.39, 0.29) is 11.7 Å². The van der Waals surface area contributed by atoms with Gasteiger partial charge in [-0.2, -0.15) is 0 Å². The summed E-state index contributed by atoms with van der Waals surface area (Å²) >= 11 is 0. The van der Waals surface area contributed by atoms with Gasteiger partial charge in [0.1, 0.15) is 5.60 Å². The Bertz CT molecular complexity index is 799. The summed E-state index contributed by atoms with van der Waals surface area (Å²) < 4.78 is 26.3. The summed E-state index contributed by atoms with van der Waals surface area (Å²) in [5.41, 5.74) is 0.591. The maximum absolute atomic E-state index is 11.9. The minimum absolute atomic E-state index is 0.00463. The monoisotopic (exact) mass is 363 g/mol. The SMILES string of the molecule is CCS(=O)(=O)Nc1cccc(C(O)(c2cnc[nH]2)C2CCCCC2)c1. The number of benzene rings is 1. The highest BCUT2D eigenvalue weighted by molar-refractivity contribution is 7.92. The minimum atomic E-state index is -3.37. The topological polar surface area (TPSA) is 95.1 Å². The van der Waals surface area contributed by atoms with Crippen LogP contribution in [0.1, 0.15) is 50.3 Å². The normalized spacial score (nSPS) is 18.6. The van der Waals surface area contributed by atoms with Gasteiger partial charge in [-0.3, -0.25) is 4.72 Å². The van der Waals surface area contributed by atoms with E-state index in [2.05, 4.69) is 14.7 Å². The van der Waals surface area contributed by atoms with Crippen LogP contribution in [0.25, 0.3) is 0 Å².